The molecule has 6 aromatic rings. The summed E-state index contributed by atoms with van der Waals surface area (Å²) in [4.78, 5) is 20.4. The number of aryl methyl sites for hydroxylation is 2. The minimum atomic E-state index is -1.04. The molecule has 3 aromatic carbocycles. The predicted molar refractivity (Wildman–Crippen MR) is 162 cm³/mol. The summed E-state index contributed by atoms with van der Waals surface area (Å²) in [6, 6.07) is 25.6. The number of pyridine rings is 1. The Kier molecular flexibility index (Phi) is 8.40. The van der Waals surface area contributed by atoms with Crippen molar-refractivity contribution in [2.75, 3.05) is 7.11 Å². The van der Waals surface area contributed by atoms with Crippen molar-refractivity contribution in [1.29, 1.82) is 0 Å². The molecule has 3 heterocycles. The number of rotatable bonds is 11. The Bertz CT molecular complexity index is 1890. The molecule has 0 aliphatic carbocycles. The molecule has 2 N–H and O–H groups in total. The summed E-state index contributed by atoms with van der Waals surface area (Å²) >= 11 is 0. The zero-order valence-corrected chi connectivity index (χ0v) is 24.0. The highest BCUT2D eigenvalue weighted by Gasteiger charge is 2.27. The van der Waals surface area contributed by atoms with Gasteiger partial charge in [-0.05, 0) is 41.3 Å². The topological polar surface area (TPSA) is 97.7 Å². The van der Waals surface area contributed by atoms with Crippen LogP contribution in [0.3, 0.4) is 0 Å². The fraction of sp³-hybridized carbons (Fsp3) is 0.176. The third kappa shape index (κ3) is 6.34. The van der Waals surface area contributed by atoms with Crippen molar-refractivity contribution in [3.8, 4) is 5.75 Å². The largest absolute Gasteiger partial charge is 0.497 e. The molecule has 44 heavy (non-hydrogen) atoms. The molecular formula is C34H30F2N6O2. The highest BCUT2D eigenvalue weighted by molar-refractivity contribution is 5.92. The molecule has 6 rings (SSSR count). The van der Waals surface area contributed by atoms with E-state index in [-0.39, 0.29) is 0 Å². The quantitative estimate of drug-likeness (QED) is 0.193. The van der Waals surface area contributed by atoms with E-state index in [0.717, 1.165) is 51.8 Å². The highest BCUT2D eigenvalue weighted by atomic mass is 19.1. The summed E-state index contributed by atoms with van der Waals surface area (Å²) in [6.07, 6.45) is 4.39. The number of H-pyrrole nitrogens is 1. The Labute approximate surface area is 252 Å². The average Bonchev–Trinajstić information content (AvgIpc) is 3.64. The van der Waals surface area contributed by atoms with E-state index in [1.165, 1.54) is 0 Å². The van der Waals surface area contributed by atoms with E-state index in [2.05, 4.69) is 37.6 Å². The zero-order chi connectivity index (χ0) is 30.5. The molecule has 222 valence electrons. The molecule has 0 aliphatic rings. The van der Waals surface area contributed by atoms with E-state index >= 15 is 0 Å². The van der Waals surface area contributed by atoms with Gasteiger partial charge in [0.1, 0.15) is 17.4 Å². The average molecular weight is 593 g/mol. The maximum Gasteiger partial charge on any atom is 0.273 e. The molecule has 0 saturated heterocycles. The Balaban J connectivity index is 1.40. The number of amides is 1. The van der Waals surface area contributed by atoms with Crippen LogP contribution in [0.1, 0.15) is 44.9 Å². The van der Waals surface area contributed by atoms with Crippen molar-refractivity contribution in [2.45, 2.75) is 31.8 Å². The van der Waals surface area contributed by atoms with Crippen molar-refractivity contribution in [3.05, 3.63) is 143 Å². The fourth-order valence-corrected chi connectivity index (χ4v) is 5.31. The van der Waals surface area contributed by atoms with E-state index in [9.17, 15) is 13.6 Å². The first kappa shape index (κ1) is 28.7. The Morgan fingerprint density at radius 1 is 0.955 bits per heavy atom. The van der Waals surface area contributed by atoms with Crippen molar-refractivity contribution in [3.63, 3.8) is 0 Å². The minimum absolute atomic E-state index is 0.331. The van der Waals surface area contributed by atoms with Crippen molar-refractivity contribution >= 4 is 16.8 Å². The molecule has 10 heteroatoms. The lowest BCUT2D eigenvalue weighted by atomic mass is 10.0. The van der Waals surface area contributed by atoms with Gasteiger partial charge in [-0.1, -0.05) is 60.7 Å². The standard InChI is InChI=1S/C34H30F2N6O2/c1-44-26-14-11-23(12-15-26)21-42-31(16-13-22-7-3-2-4-8-22)40-41-33(42)30(17-24-19-37-29-10-6-5-9-27(24)29)39-34(43)32-28(36)18-25(35)20-38-32/h2-12,14-15,18-20,30,37H,13,16-17,21H2,1H3,(H,39,43)/t30-/m1/s1. The molecule has 0 saturated carbocycles. The summed E-state index contributed by atoms with van der Waals surface area (Å²) in [5, 5.41) is 13.1. The molecule has 0 aliphatic heterocycles. The number of hydrogen-bond acceptors (Lipinski definition) is 5. The van der Waals surface area contributed by atoms with Crippen molar-refractivity contribution < 1.29 is 18.3 Å². The normalized spacial score (nSPS) is 11.9. The number of carbonyl (C=O) groups is 1. The van der Waals surface area contributed by atoms with Crippen LogP contribution in [-0.2, 0) is 25.8 Å². The Morgan fingerprint density at radius 2 is 1.73 bits per heavy atom. The lowest BCUT2D eigenvalue weighted by Crippen LogP contribution is -2.33. The highest BCUT2D eigenvalue weighted by Crippen LogP contribution is 2.26. The van der Waals surface area contributed by atoms with Crippen LogP contribution in [-0.4, -0.2) is 37.7 Å². The lowest BCUT2D eigenvalue weighted by molar-refractivity contribution is 0.0924. The molecule has 8 nitrogen and oxygen atoms in total. The van der Waals surface area contributed by atoms with Gasteiger partial charge < -0.3 is 19.6 Å². The number of ether oxygens (including phenoxy) is 1. The fourth-order valence-electron chi connectivity index (χ4n) is 5.31. The second kappa shape index (κ2) is 12.9. The molecule has 0 spiro atoms. The molecule has 0 unspecified atom stereocenters. The molecule has 0 bridgehead atoms. The van der Waals surface area contributed by atoms with Gasteiger partial charge in [0.2, 0.25) is 0 Å². The minimum Gasteiger partial charge on any atom is -0.497 e. The number of fused-ring (bicyclic) bond motifs is 1. The first-order chi connectivity index (χ1) is 21.5. The van der Waals surface area contributed by atoms with Gasteiger partial charge in [-0.25, -0.2) is 13.8 Å². The second-order valence-electron chi connectivity index (χ2n) is 10.5. The number of aromatic nitrogens is 5. The first-order valence-electron chi connectivity index (χ1n) is 14.2. The molecular weight excluding hydrogens is 562 g/mol. The SMILES string of the molecule is COc1ccc(Cn2c(CCc3ccccc3)nnc2[C@@H](Cc2c[nH]c3ccccc23)NC(=O)c2ncc(F)cc2F)cc1. The van der Waals surface area contributed by atoms with E-state index in [0.29, 0.717) is 31.3 Å². The van der Waals surface area contributed by atoms with Gasteiger partial charge in [0, 0.05) is 36.0 Å². The van der Waals surface area contributed by atoms with E-state index < -0.39 is 29.3 Å². The summed E-state index contributed by atoms with van der Waals surface area (Å²) in [7, 11) is 1.62. The summed E-state index contributed by atoms with van der Waals surface area (Å²) in [5.41, 5.74) is 3.52. The number of nitrogens with zero attached hydrogens (tertiary/aromatic N) is 4. The van der Waals surface area contributed by atoms with Crippen LogP contribution in [0.15, 0.2) is 97.3 Å². The number of methoxy groups -OCH3 is 1. The first-order valence-corrected chi connectivity index (χ1v) is 14.2. The van der Waals surface area contributed by atoms with Crippen LogP contribution in [0.2, 0.25) is 0 Å². The number of carbonyl (C=O) groups excluding carboxylic acids is 1. The maximum absolute atomic E-state index is 14.6. The third-order valence-corrected chi connectivity index (χ3v) is 7.57. The maximum atomic E-state index is 14.6. The van der Waals surface area contributed by atoms with Crippen molar-refractivity contribution in [2.24, 2.45) is 0 Å². The second-order valence-corrected chi connectivity index (χ2v) is 10.5. The molecule has 0 fully saturated rings. The summed E-state index contributed by atoms with van der Waals surface area (Å²) in [6.45, 7) is 0.430. The Hall–Kier alpha value is -5.38. The van der Waals surface area contributed by atoms with Gasteiger partial charge >= 0.3 is 0 Å². The lowest BCUT2D eigenvalue weighted by Gasteiger charge is -2.20. The number of nitrogens with one attached hydrogen (secondary N) is 2. The van der Waals surface area contributed by atoms with Gasteiger partial charge in [0.05, 0.1) is 25.9 Å². The molecule has 0 radical (unpaired) electrons. The number of hydrogen-bond donors (Lipinski definition) is 2. The molecule has 1 atom stereocenters. The number of aromatic amines is 1. The summed E-state index contributed by atoms with van der Waals surface area (Å²) < 4.78 is 35.5. The monoisotopic (exact) mass is 592 g/mol. The van der Waals surface area contributed by atoms with Crippen LogP contribution < -0.4 is 10.1 Å². The number of halogens is 2. The third-order valence-electron chi connectivity index (χ3n) is 7.57. The molecule has 3 aromatic heterocycles. The number of benzene rings is 3. The Morgan fingerprint density at radius 3 is 2.50 bits per heavy atom. The van der Waals surface area contributed by atoms with Gasteiger partial charge in [-0.15, -0.1) is 10.2 Å². The van der Waals surface area contributed by atoms with Gasteiger partial charge in [-0.3, -0.25) is 4.79 Å². The smallest absolute Gasteiger partial charge is 0.273 e. The van der Waals surface area contributed by atoms with E-state index in [1.807, 2.05) is 77.5 Å². The summed E-state index contributed by atoms with van der Waals surface area (Å²) in [5.74, 6) is -0.709. The van der Waals surface area contributed by atoms with Gasteiger partial charge in [0.15, 0.2) is 17.3 Å². The van der Waals surface area contributed by atoms with Crippen molar-refractivity contribution in [1.82, 2.24) is 30.0 Å². The van der Waals surface area contributed by atoms with Gasteiger partial charge in [-0.2, -0.15) is 0 Å². The predicted octanol–water partition coefficient (Wildman–Crippen LogP) is 5.99. The van der Waals surface area contributed by atoms with Crippen LogP contribution in [0.4, 0.5) is 8.78 Å². The zero-order valence-electron chi connectivity index (χ0n) is 24.0. The van der Waals surface area contributed by atoms with E-state index in [4.69, 9.17) is 4.74 Å². The van der Waals surface area contributed by atoms with Crippen LogP contribution in [0.5, 0.6) is 5.75 Å². The number of para-hydroxylation sites is 1. The van der Waals surface area contributed by atoms with E-state index in [1.54, 1.807) is 7.11 Å². The van der Waals surface area contributed by atoms with Gasteiger partial charge in [0.25, 0.3) is 5.91 Å². The van der Waals surface area contributed by atoms with Crippen LogP contribution in [0, 0.1) is 11.6 Å². The molecule has 1 amide bonds. The van der Waals surface area contributed by atoms with Crippen LogP contribution >= 0.6 is 0 Å². The van der Waals surface area contributed by atoms with Crippen LogP contribution in [0.25, 0.3) is 10.9 Å².